The third-order valence-electron chi connectivity index (χ3n) is 2.09. The van der Waals surface area contributed by atoms with Crippen molar-refractivity contribution in [3.63, 3.8) is 0 Å². The number of amides is 2. The molecule has 1 fully saturated rings. The molecule has 0 spiro atoms. The number of hydrogen-bond donors (Lipinski definition) is 3. The number of hydrogen-bond acceptors (Lipinski definition) is 4. The van der Waals surface area contributed by atoms with Gasteiger partial charge in [-0.15, -0.1) is 0 Å². The first-order chi connectivity index (χ1) is 7.59. The van der Waals surface area contributed by atoms with Crippen molar-refractivity contribution in [1.82, 2.24) is 10.6 Å². The molecular formula is C9H16N2O3S2. The van der Waals surface area contributed by atoms with Crippen LogP contribution >= 0.6 is 23.5 Å². The molecule has 0 saturated carbocycles. The van der Waals surface area contributed by atoms with Gasteiger partial charge in [0.05, 0.1) is 0 Å². The molecule has 0 aromatic rings. The van der Waals surface area contributed by atoms with E-state index in [1.165, 1.54) is 12.7 Å². The number of carbonyl (C=O) groups excluding carboxylic acids is 1. The van der Waals surface area contributed by atoms with Crippen molar-refractivity contribution in [3.8, 4) is 0 Å². The van der Waals surface area contributed by atoms with Crippen LogP contribution in [0.25, 0.3) is 0 Å². The van der Waals surface area contributed by atoms with E-state index in [9.17, 15) is 9.59 Å². The third-order valence-corrected chi connectivity index (χ3v) is 4.94. The van der Waals surface area contributed by atoms with Crippen LogP contribution in [0.15, 0.2) is 0 Å². The van der Waals surface area contributed by atoms with Crippen molar-refractivity contribution >= 4 is 35.5 Å². The zero-order valence-corrected chi connectivity index (χ0v) is 10.7. The lowest BCUT2D eigenvalue weighted by molar-refractivity contribution is -0.138. The van der Waals surface area contributed by atoms with E-state index in [2.05, 4.69) is 10.6 Å². The van der Waals surface area contributed by atoms with Gasteiger partial charge in [-0.1, -0.05) is 0 Å². The molecule has 0 aliphatic carbocycles. The molecule has 1 rings (SSSR count). The molecule has 1 aliphatic rings. The van der Waals surface area contributed by atoms with E-state index in [1.807, 2.05) is 23.5 Å². The number of carbonyl (C=O) groups is 2. The molecule has 0 aromatic heterocycles. The van der Waals surface area contributed by atoms with Gasteiger partial charge in [0.2, 0.25) is 0 Å². The van der Waals surface area contributed by atoms with E-state index in [4.69, 9.17) is 5.11 Å². The fraction of sp³-hybridized carbons (Fsp3) is 0.778. The van der Waals surface area contributed by atoms with Crippen molar-refractivity contribution in [3.05, 3.63) is 0 Å². The minimum Gasteiger partial charge on any atom is -0.480 e. The number of carboxylic acids is 1. The largest absolute Gasteiger partial charge is 0.480 e. The molecule has 1 unspecified atom stereocenters. The average Bonchev–Trinajstić information content (AvgIpc) is 2.27. The molecule has 16 heavy (non-hydrogen) atoms. The van der Waals surface area contributed by atoms with Gasteiger partial charge in [-0.2, -0.15) is 23.5 Å². The van der Waals surface area contributed by atoms with Gasteiger partial charge in [0.1, 0.15) is 6.04 Å². The molecule has 5 nitrogen and oxygen atoms in total. The molecule has 1 heterocycles. The smallest absolute Gasteiger partial charge is 0.325 e. The number of rotatable bonds is 4. The molecule has 3 N–H and O–H groups in total. The summed E-state index contributed by atoms with van der Waals surface area (Å²) >= 11 is 3.74. The zero-order valence-electron chi connectivity index (χ0n) is 9.06. The number of aliphatic carboxylic acids is 1. The Balaban J connectivity index is 2.16. The van der Waals surface area contributed by atoms with Crippen LogP contribution in [-0.4, -0.2) is 52.2 Å². The second-order valence-electron chi connectivity index (χ2n) is 3.48. The van der Waals surface area contributed by atoms with Crippen molar-refractivity contribution in [2.45, 2.75) is 18.2 Å². The molecule has 0 aromatic carbocycles. The highest BCUT2D eigenvalue weighted by molar-refractivity contribution is 8.06. The fourth-order valence-corrected chi connectivity index (χ4v) is 3.78. The van der Waals surface area contributed by atoms with Crippen molar-refractivity contribution < 1.29 is 14.7 Å². The Kier molecular flexibility index (Phi) is 5.83. The summed E-state index contributed by atoms with van der Waals surface area (Å²) in [4.78, 5) is 21.8. The summed E-state index contributed by atoms with van der Waals surface area (Å²) in [6.07, 6.45) is 0. The summed E-state index contributed by atoms with van der Waals surface area (Å²) in [5.41, 5.74) is 0. The summed E-state index contributed by atoms with van der Waals surface area (Å²) in [6.45, 7) is 2.03. The second kappa shape index (κ2) is 6.90. The molecule has 0 bridgehead atoms. The molecule has 1 aliphatic heterocycles. The summed E-state index contributed by atoms with van der Waals surface area (Å²) in [7, 11) is 0. The average molecular weight is 264 g/mol. The molecule has 0 radical (unpaired) electrons. The predicted molar refractivity (Wildman–Crippen MR) is 67.2 cm³/mol. The summed E-state index contributed by atoms with van der Waals surface area (Å²) in [5, 5.41) is 14.1. The minimum atomic E-state index is -1.03. The Bertz CT molecular complexity index is 257. The number of nitrogens with one attached hydrogen (secondary N) is 2. The second-order valence-corrected chi connectivity index (χ2v) is 6.04. The van der Waals surface area contributed by atoms with Crippen LogP contribution in [-0.2, 0) is 4.79 Å². The molecule has 7 heteroatoms. The lowest BCUT2D eigenvalue weighted by Gasteiger charge is -2.21. The maximum Gasteiger partial charge on any atom is 0.325 e. The minimum absolute atomic E-state index is 0.411. The Morgan fingerprint density at radius 2 is 2.25 bits per heavy atom. The van der Waals surface area contributed by atoms with Gasteiger partial charge in [-0.3, -0.25) is 4.79 Å². The maximum absolute atomic E-state index is 11.3. The Morgan fingerprint density at radius 1 is 1.50 bits per heavy atom. The molecular weight excluding hydrogens is 248 g/mol. The van der Waals surface area contributed by atoms with E-state index in [-0.39, 0.29) is 0 Å². The molecule has 2 amide bonds. The first-order valence-electron chi connectivity index (χ1n) is 5.06. The van der Waals surface area contributed by atoms with Gasteiger partial charge >= 0.3 is 12.0 Å². The summed E-state index contributed by atoms with van der Waals surface area (Å²) in [5.74, 6) is 2.30. The van der Waals surface area contributed by atoms with Gasteiger partial charge in [-0.25, -0.2) is 4.79 Å². The lowest BCUT2D eigenvalue weighted by Crippen LogP contribution is -2.46. The van der Waals surface area contributed by atoms with Crippen LogP contribution in [0.3, 0.4) is 0 Å². The Hall–Kier alpha value is -0.560. The van der Waals surface area contributed by atoms with Crippen molar-refractivity contribution in [1.29, 1.82) is 0 Å². The number of carboxylic acid groups (broad SMARTS) is 1. The standard InChI is InChI=1S/C9H16N2O3S2/c1-6(8(12)13)11-9(14)10-4-7-5-15-2-3-16-7/h6-7H,2-5H2,1H3,(H,12,13)(H2,10,11,14)/t6-,7?/m1/s1. The van der Waals surface area contributed by atoms with Crippen molar-refractivity contribution in [2.75, 3.05) is 23.8 Å². The highest BCUT2D eigenvalue weighted by atomic mass is 32.2. The summed E-state index contributed by atoms with van der Waals surface area (Å²) in [6, 6.07) is -1.26. The zero-order chi connectivity index (χ0) is 12.0. The Morgan fingerprint density at radius 3 is 2.81 bits per heavy atom. The van der Waals surface area contributed by atoms with E-state index in [0.717, 1.165) is 11.5 Å². The van der Waals surface area contributed by atoms with E-state index in [0.29, 0.717) is 11.8 Å². The molecule has 2 atom stereocenters. The first-order valence-corrected chi connectivity index (χ1v) is 7.26. The van der Waals surface area contributed by atoms with Crippen LogP contribution in [0, 0.1) is 0 Å². The van der Waals surface area contributed by atoms with Gasteiger partial charge in [-0.05, 0) is 6.92 Å². The quantitative estimate of drug-likeness (QED) is 0.693. The monoisotopic (exact) mass is 264 g/mol. The number of urea groups is 1. The van der Waals surface area contributed by atoms with Gasteiger partial charge in [0.25, 0.3) is 0 Å². The van der Waals surface area contributed by atoms with E-state index >= 15 is 0 Å². The van der Waals surface area contributed by atoms with Gasteiger partial charge < -0.3 is 15.7 Å². The van der Waals surface area contributed by atoms with E-state index in [1.54, 1.807) is 0 Å². The molecule has 92 valence electrons. The SMILES string of the molecule is C[C@@H](NC(=O)NCC1CSCCS1)C(=O)O. The van der Waals surface area contributed by atoms with Crippen LogP contribution in [0.2, 0.25) is 0 Å². The van der Waals surface area contributed by atoms with Crippen LogP contribution in [0.1, 0.15) is 6.92 Å². The fourth-order valence-electron chi connectivity index (χ4n) is 1.17. The first kappa shape index (κ1) is 13.5. The maximum atomic E-state index is 11.3. The summed E-state index contributed by atoms with van der Waals surface area (Å²) < 4.78 is 0. The number of thioether (sulfide) groups is 2. The van der Waals surface area contributed by atoms with Gasteiger partial charge in [0, 0.05) is 29.1 Å². The highest BCUT2D eigenvalue weighted by Gasteiger charge is 2.17. The highest BCUT2D eigenvalue weighted by Crippen LogP contribution is 2.23. The van der Waals surface area contributed by atoms with Gasteiger partial charge in [0.15, 0.2) is 0 Å². The van der Waals surface area contributed by atoms with Crippen LogP contribution < -0.4 is 10.6 Å². The lowest BCUT2D eigenvalue weighted by atomic mass is 10.3. The topological polar surface area (TPSA) is 78.4 Å². The van der Waals surface area contributed by atoms with E-state index < -0.39 is 18.0 Å². The van der Waals surface area contributed by atoms with Crippen LogP contribution in [0.4, 0.5) is 4.79 Å². The molecule has 1 saturated heterocycles. The van der Waals surface area contributed by atoms with Crippen molar-refractivity contribution in [2.24, 2.45) is 0 Å². The normalized spacial score (nSPS) is 22.2. The van der Waals surface area contributed by atoms with Crippen LogP contribution in [0.5, 0.6) is 0 Å². The third kappa shape index (κ3) is 4.98. The predicted octanol–water partition coefficient (Wildman–Crippen LogP) is 0.607. The Labute approximate surface area is 103 Å².